The number of carbonyl (C=O) groups is 1. The topological polar surface area (TPSA) is 26.3 Å². The molecule has 0 saturated heterocycles. The Morgan fingerprint density at radius 1 is 0.773 bits per heavy atom. The third-order valence-electron chi connectivity index (χ3n) is 4.17. The minimum absolute atomic E-state index is 0.000296. The first-order valence-corrected chi connectivity index (χ1v) is 9.82. The number of hydrogen-bond acceptors (Lipinski definition) is 2. The average molecular weight is 313 g/mol. The first-order valence-electron chi connectivity index (χ1n) is 9.82. The van der Waals surface area contributed by atoms with Crippen LogP contribution in [-0.2, 0) is 9.53 Å². The summed E-state index contributed by atoms with van der Waals surface area (Å²) < 4.78 is 5.28. The number of hydrogen-bond donors (Lipinski definition) is 0. The first kappa shape index (κ1) is 21.5. The van der Waals surface area contributed by atoms with Crippen LogP contribution in [0, 0.1) is 5.92 Å². The molecule has 0 spiro atoms. The largest absolute Gasteiger partial charge is 0.466 e. The Morgan fingerprint density at radius 3 is 1.86 bits per heavy atom. The molecule has 2 nitrogen and oxygen atoms in total. The summed E-state index contributed by atoms with van der Waals surface area (Å²) in [5, 5.41) is 0. The molecule has 0 amide bonds. The van der Waals surface area contributed by atoms with E-state index in [1.54, 1.807) is 0 Å². The molecule has 0 aliphatic rings. The van der Waals surface area contributed by atoms with Crippen LogP contribution in [0.25, 0.3) is 0 Å². The van der Waals surface area contributed by atoms with Crippen LogP contribution in [0.15, 0.2) is 0 Å². The van der Waals surface area contributed by atoms with E-state index in [4.69, 9.17) is 4.74 Å². The van der Waals surface area contributed by atoms with Crippen LogP contribution in [0.4, 0.5) is 0 Å². The fraction of sp³-hybridized carbons (Fsp3) is 0.950. The number of ether oxygens (including phenoxy) is 1. The summed E-state index contributed by atoms with van der Waals surface area (Å²) in [6.07, 6.45) is 17.1. The van der Waals surface area contributed by atoms with Crippen LogP contribution in [0.1, 0.15) is 111 Å². The van der Waals surface area contributed by atoms with Crippen molar-refractivity contribution in [3.05, 3.63) is 0 Å². The highest BCUT2D eigenvalue weighted by Gasteiger charge is 2.03. The van der Waals surface area contributed by atoms with Gasteiger partial charge >= 0.3 is 5.97 Å². The molecule has 0 heterocycles. The lowest BCUT2D eigenvalue weighted by atomic mass is 10.1. The molecule has 0 saturated carbocycles. The number of unbranched alkanes of at least 4 members (excludes halogenated alkanes) is 10. The smallest absolute Gasteiger partial charge is 0.305 e. The van der Waals surface area contributed by atoms with E-state index in [0.29, 0.717) is 13.0 Å². The lowest BCUT2D eigenvalue weighted by Crippen LogP contribution is -2.05. The maximum Gasteiger partial charge on any atom is 0.305 e. The van der Waals surface area contributed by atoms with E-state index in [1.807, 2.05) is 0 Å². The average Bonchev–Trinajstić information content (AvgIpc) is 2.49. The van der Waals surface area contributed by atoms with Crippen LogP contribution >= 0.6 is 0 Å². The van der Waals surface area contributed by atoms with E-state index in [2.05, 4.69) is 20.8 Å². The summed E-state index contributed by atoms with van der Waals surface area (Å²) in [5.41, 5.74) is 0. The zero-order valence-corrected chi connectivity index (χ0v) is 15.5. The Kier molecular flexibility index (Phi) is 16.4. The van der Waals surface area contributed by atoms with E-state index in [-0.39, 0.29) is 5.97 Å². The fourth-order valence-electron chi connectivity index (χ4n) is 2.67. The maximum atomic E-state index is 11.5. The molecule has 0 aromatic rings. The van der Waals surface area contributed by atoms with Gasteiger partial charge in [0.15, 0.2) is 0 Å². The molecule has 0 bridgehead atoms. The molecule has 0 fully saturated rings. The van der Waals surface area contributed by atoms with Gasteiger partial charge in [-0.2, -0.15) is 0 Å². The molecule has 2 heteroatoms. The van der Waals surface area contributed by atoms with Crippen LogP contribution < -0.4 is 0 Å². The minimum Gasteiger partial charge on any atom is -0.466 e. The molecular formula is C20H40O2. The zero-order valence-electron chi connectivity index (χ0n) is 15.5. The highest BCUT2D eigenvalue weighted by Crippen LogP contribution is 2.11. The Bertz CT molecular complexity index is 236. The van der Waals surface area contributed by atoms with E-state index in [1.165, 1.54) is 64.2 Å². The molecule has 0 atom stereocenters. The molecule has 0 unspecified atom stereocenters. The third kappa shape index (κ3) is 17.5. The van der Waals surface area contributed by atoms with Crippen molar-refractivity contribution in [2.45, 2.75) is 111 Å². The SMILES string of the molecule is CCCCCCCCCCCCOC(=O)CCCCC(C)C. The van der Waals surface area contributed by atoms with E-state index >= 15 is 0 Å². The molecule has 0 radical (unpaired) electrons. The van der Waals surface area contributed by atoms with Gasteiger partial charge in [0.05, 0.1) is 6.61 Å². The standard InChI is InChI=1S/C20H40O2/c1-4-5-6-7-8-9-10-11-12-15-18-22-20(21)17-14-13-16-19(2)3/h19H,4-18H2,1-3H3. The Labute approximate surface area is 139 Å². The van der Waals surface area contributed by atoms with Gasteiger partial charge in [0.2, 0.25) is 0 Å². The van der Waals surface area contributed by atoms with Crippen molar-refractivity contribution < 1.29 is 9.53 Å². The second kappa shape index (κ2) is 16.8. The summed E-state index contributed by atoms with van der Waals surface area (Å²) in [6.45, 7) is 7.34. The molecule has 0 N–H and O–H groups in total. The first-order chi connectivity index (χ1) is 10.7. The Morgan fingerprint density at radius 2 is 1.32 bits per heavy atom. The molecular weight excluding hydrogens is 272 g/mol. The van der Waals surface area contributed by atoms with E-state index in [0.717, 1.165) is 25.2 Å². The predicted molar refractivity (Wildman–Crippen MR) is 96.1 cm³/mol. The maximum absolute atomic E-state index is 11.5. The second-order valence-electron chi connectivity index (χ2n) is 7.04. The number of rotatable bonds is 16. The summed E-state index contributed by atoms with van der Waals surface area (Å²) in [6, 6.07) is 0. The van der Waals surface area contributed by atoms with Crippen molar-refractivity contribution in [1.82, 2.24) is 0 Å². The lowest BCUT2D eigenvalue weighted by molar-refractivity contribution is -0.143. The van der Waals surface area contributed by atoms with Crippen molar-refractivity contribution in [1.29, 1.82) is 0 Å². The van der Waals surface area contributed by atoms with Gasteiger partial charge in [0, 0.05) is 6.42 Å². The molecule has 0 aromatic carbocycles. The van der Waals surface area contributed by atoms with Crippen LogP contribution in [0.3, 0.4) is 0 Å². The quantitative estimate of drug-likeness (QED) is 0.235. The van der Waals surface area contributed by atoms with Crippen molar-refractivity contribution in [3.63, 3.8) is 0 Å². The van der Waals surface area contributed by atoms with Gasteiger partial charge in [0.25, 0.3) is 0 Å². The van der Waals surface area contributed by atoms with Crippen molar-refractivity contribution in [2.75, 3.05) is 6.61 Å². The Hall–Kier alpha value is -0.530. The molecule has 0 aliphatic carbocycles. The molecule has 22 heavy (non-hydrogen) atoms. The van der Waals surface area contributed by atoms with Gasteiger partial charge in [-0.25, -0.2) is 0 Å². The summed E-state index contributed by atoms with van der Waals surface area (Å²) in [4.78, 5) is 11.5. The minimum atomic E-state index is -0.000296. The van der Waals surface area contributed by atoms with Crippen molar-refractivity contribution in [3.8, 4) is 0 Å². The van der Waals surface area contributed by atoms with Crippen LogP contribution in [0.2, 0.25) is 0 Å². The van der Waals surface area contributed by atoms with Gasteiger partial charge in [0.1, 0.15) is 0 Å². The zero-order chi connectivity index (χ0) is 16.5. The highest BCUT2D eigenvalue weighted by atomic mass is 16.5. The highest BCUT2D eigenvalue weighted by molar-refractivity contribution is 5.69. The summed E-state index contributed by atoms with van der Waals surface area (Å²) in [7, 11) is 0. The normalized spacial score (nSPS) is 11.1. The number of carbonyl (C=O) groups excluding carboxylic acids is 1. The fourth-order valence-corrected chi connectivity index (χ4v) is 2.67. The van der Waals surface area contributed by atoms with Crippen LogP contribution in [-0.4, -0.2) is 12.6 Å². The Balaban J connectivity index is 3.14. The van der Waals surface area contributed by atoms with Crippen molar-refractivity contribution >= 4 is 5.97 Å². The number of esters is 1. The summed E-state index contributed by atoms with van der Waals surface area (Å²) >= 11 is 0. The molecule has 0 aromatic heterocycles. The summed E-state index contributed by atoms with van der Waals surface area (Å²) in [5.74, 6) is 0.738. The molecule has 0 rings (SSSR count). The lowest BCUT2D eigenvalue weighted by Gasteiger charge is -2.06. The van der Waals surface area contributed by atoms with Gasteiger partial charge in [-0.3, -0.25) is 4.79 Å². The van der Waals surface area contributed by atoms with E-state index in [9.17, 15) is 4.79 Å². The predicted octanol–water partition coefficient (Wildman–Crippen LogP) is 6.67. The second-order valence-corrected chi connectivity index (χ2v) is 7.04. The third-order valence-corrected chi connectivity index (χ3v) is 4.17. The molecule has 0 aliphatic heterocycles. The van der Waals surface area contributed by atoms with Gasteiger partial charge < -0.3 is 4.74 Å². The molecule has 132 valence electrons. The van der Waals surface area contributed by atoms with E-state index < -0.39 is 0 Å². The monoisotopic (exact) mass is 312 g/mol. The van der Waals surface area contributed by atoms with Gasteiger partial charge in [-0.15, -0.1) is 0 Å². The van der Waals surface area contributed by atoms with Gasteiger partial charge in [-0.1, -0.05) is 91.4 Å². The van der Waals surface area contributed by atoms with Crippen molar-refractivity contribution in [2.24, 2.45) is 5.92 Å². The van der Waals surface area contributed by atoms with Gasteiger partial charge in [-0.05, 0) is 18.8 Å². The van der Waals surface area contributed by atoms with Crippen LogP contribution in [0.5, 0.6) is 0 Å².